The van der Waals surface area contributed by atoms with Crippen LogP contribution in [0.1, 0.15) is 77.8 Å². The van der Waals surface area contributed by atoms with Crippen LogP contribution in [0, 0.1) is 12.7 Å². The van der Waals surface area contributed by atoms with Crippen molar-refractivity contribution < 1.29 is 14.0 Å². The van der Waals surface area contributed by atoms with Crippen LogP contribution in [0.25, 0.3) is 0 Å². The third-order valence-electron chi connectivity index (χ3n) is 5.70. The molecule has 184 valence electrons. The molecule has 2 aliphatic heterocycles. The lowest BCUT2D eigenvalue weighted by atomic mass is 9.96. The highest BCUT2D eigenvalue weighted by Crippen LogP contribution is 2.32. The smallest absolute Gasteiger partial charge is 0.209 e. The van der Waals surface area contributed by atoms with E-state index in [1.54, 1.807) is 22.9 Å². The number of rotatable bonds is 4. The Hall–Kier alpha value is -1.95. The second-order valence-corrected chi connectivity index (χ2v) is 9.15. The Kier molecular flexibility index (Phi) is 14.8. The number of halogens is 1. The molecular weight excluding hydrogens is 405 g/mol. The van der Waals surface area contributed by atoms with Crippen molar-refractivity contribution in [3.63, 3.8) is 0 Å². The van der Waals surface area contributed by atoms with Gasteiger partial charge in [0.05, 0.1) is 0 Å². The molecule has 2 aliphatic rings. The van der Waals surface area contributed by atoms with Crippen molar-refractivity contribution in [1.29, 1.82) is 0 Å². The van der Waals surface area contributed by atoms with Crippen molar-refractivity contribution in [2.45, 2.75) is 79.2 Å². The molecule has 1 unspecified atom stereocenters. The molecule has 1 aromatic rings. The lowest BCUT2D eigenvalue weighted by Gasteiger charge is -2.31. The maximum atomic E-state index is 13.9. The van der Waals surface area contributed by atoms with Gasteiger partial charge in [-0.15, -0.1) is 0 Å². The zero-order chi connectivity index (χ0) is 24.7. The van der Waals surface area contributed by atoms with Crippen LogP contribution in [0.5, 0.6) is 0 Å². The molecule has 32 heavy (non-hydrogen) atoms. The second kappa shape index (κ2) is 15.8. The lowest BCUT2D eigenvalue weighted by molar-refractivity contribution is -0.117. The SMILES string of the molecule is CC.CCN(C)C=O.Cc1ccc(C2CCN(C(C)(C)C)C2)c(F)c1.O=CN1CCCC1. The summed E-state index contributed by atoms with van der Waals surface area (Å²) < 4.78 is 13.9. The highest BCUT2D eigenvalue weighted by molar-refractivity contribution is 5.47. The fourth-order valence-corrected chi connectivity index (χ4v) is 3.51. The Bertz CT molecular complexity index is 655. The van der Waals surface area contributed by atoms with Gasteiger partial charge in [-0.2, -0.15) is 0 Å². The molecule has 2 heterocycles. The Morgan fingerprint density at radius 1 is 1.12 bits per heavy atom. The van der Waals surface area contributed by atoms with E-state index in [-0.39, 0.29) is 11.4 Å². The van der Waals surface area contributed by atoms with Gasteiger partial charge >= 0.3 is 0 Å². The van der Waals surface area contributed by atoms with E-state index in [1.807, 2.05) is 39.8 Å². The minimum atomic E-state index is -0.0363. The molecule has 2 fully saturated rings. The molecule has 0 radical (unpaired) electrons. The van der Waals surface area contributed by atoms with Crippen molar-refractivity contribution >= 4 is 12.8 Å². The highest BCUT2D eigenvalue weighted by atomic mass is 19.1. The largest absolute Gasteiger partial charge is 0.349 e. The summed E-state index contributed by atoms with van der Waals surface area (Å²) in [4.78, 5) is 25.4. The van der Waals surface area contributed by atoms with Crippen molar-refractivity contribution in [3.8, 4) is 0 Å². The monoisotopic (exact) mass is 451 g/mol. The molecule has 3 rings (SSSR count). The van der Waals surface area contributed by atoms with Crippen LogP contribution in [-0.2, 0) is 9.59 Å². The number of hydrogen-bond donors (Lipinski definition) is 0. The lowest BCUT2D eigenvalue weighted by Crippen LogP contribution is -2.39. The topological polar surface area (TPSA) is 43.9 Å². The molecule has 2 saturated heterocycles. The summed E-state index contributed by atoms with van der Waals surface area (Å²) >= 11 is 0. The van der Waals surface area contributed by atoms with Gasteiger partial charge in [0.25, 0.3) is 0 Å². The summed E-state index contributed by atoms with van der Waals surface area (Å²) in [5, 5.41) is 0. The molecule has 6 heteroatoms. The van der Waals surface area contributed by atoms with Crippen molar-refractivity contribution in [2.24, 2.45) is 0 Å². The minimum Gasteiger partial charge on any atom is -0.349 e. The molecule has 0 spiro atoms. The minimum absolute atomic E-state index is 0.0363. The summed E-state index contributed by atoms with van der Waals surface area (Å²) in [7, 11) is 1.74. The molecule has 1 aromatic carbocycles. The first-order valence-electron chi connectivity index (χ1n) is 12.0. The van der Waals surface area contributed by atoms with Gasteiger partial charge in [0.1, 0.15) is 5.82 Å². The van der Waals surface area contributed by atoms with Gasteiger partial charge in [0.2, 0.25) is 12.8 Å². The molecule has 0 aliphatic carbocycles. The second-order valence-electron chi connectivity index (χ2n) is 9.15. The maximum absolute atomic E-state index is 13.9. The third-order valence-corrected chi connectivity index (χ3v) is 5.70. The molecule has 0 aromatic heterocycles. The normalized spacial score (nSPS) is 17.8. The zero-order valence-corrected chi connectivity index (χ0v) is 21.7. The number of nitrogens with zero attached hydrogens (tertiary/aromatic N) is 3. The summed E-state index contributed by atoms with van der Waals surface area (Å²) in [5.74, 6) is 0.320. The summed E-state index contributed by atoms with van der Waals surface area (Å²) in [5.41, 5.74) is 2.08. The molecule has 0 bridgehead atoms. The van der Waals surface area contributed by atoms with Crippen molar-refractivity contribution in [2.75, 3.05) is 39.8 Å². The summed E-state index contributed by atoms with van der Waals surface area (Å²) in [6, 6.07) is 5.62. The number of carbonyl (C=O) groups is 2. The molecule has 0 saturated carbocycles. The van der Waals surface area contributed by atoms with E-state index < -0.39 is 0 Å². The number of amides is 2. The standard InChI is InChI=1S/C15H22FN.C5H9NO.C4H9NO.C2H6/c1-11-5-6-13(14(16)9-11)12-7-8-17(10-12)15(2,3)4;7-5-6-3-1-2-4-6;1-3-5(2)4-6;1-2/h5-6,9,12H,7-8,10H2,1-4H3;5H,1-4H2;4H,3H2,1-2H3;1-2H3. The average Bonchev–Trinajstić information content (AvgIpc) is 3.47. The Morgan fingerprint density at radius 2 is 1.72 bits per heavy atom. The van der Waals surface area contributed by atoms with Gasteiger partial charge in [-0.25, -0.2) is 4.39 Å². The van der Waals surface area contributed by atoms with Crippen LogP contribution in [0.3, 0.4) is 0 Å². The van der Waals surface area contributed by atoms with E-state index >= 15 is 0 Å². The number of carbonyl (C=O) groups excluding carboxylic acids is 2. The third kappa shape index (κ3) is 11.1. The van der Waals surface area contributed by atoms with Crippen LogP contribution >= 0.6 is 0 Å². The van der Waals surface area contributed by atoms with Gasteiger partial charge in [-0.3, -0.25) is 14.5 Å². The molecule has 0 N–H and O–H groups in total. The van der Waals surface area contributed by atoms with E-state index in [0.717, 1.165) is 63.1 Å². The zero-order valence-electron chi connectivity index (χ0n) is 21.7. The quantitative estimate of drug-likeness (QED) is 0.600. The van der Waals surface area contributed by atoms with Gasteiger partial charge in [-0.05, 0) is 77.6 Å². The summed E-state index contributed by atoms with van der Waals surface area (Å²) in [6.07, 6.45) is 5.18. The maximum Gasteiger partial charge on any atom is 0.209 e. The number of benzene rings is 1. The Labute approximate surface area is 196 Å². The first kappa shape index (κ1) is 30.0. The Morgan fingerprint density at radius 3 is 2.06 bits per heavy atom. The van der Waals surface area contributed by atoms with Crippen LogP contribution in [0.4, 0.5) is 4.39 Å². The van der Waals surface area contributed by atoms with Gasteiger partial charge < -0.3 is 9.80 Å². The first-order valence-corrected chi connectivity index (χ1v) is 12.0. The van der Waals surface area contributed by atoms with E-state index in [4.69, 9.17) is 0 Å². The molecule has 5 nitrogen and oxygen atoms in total. The Balaban J connectivity index is 0.000000529. The van der Waals surface area contributed by atoms with E-state index in [9.17, 15) is 14.0 Å². The van der Waals surface area contributed by atoms with Gasteiger partial charge in [0.15, 0.2) is 0 Å². The van der Waals surface area contributed by atoms with E-state index in [1.165, 1.54) is 12.8 Å². The number of likely N-dealkylation sites (tertiary alicyclic amines) is 2. The fraction of sp³-hybridized carbons (Fsp3) is 0.692. The molecular formula is C26H46FN3O2. The predicted molar refractivity (Wildman–Crippen MR) is 132 cm³/mol. The van der Waals surface area contributed by atoms with E-state index in [0.29, 0.717) is 5.92 Å². The molecule has 1 atom stereocenters. The average molecular weight is 452 g/mol. The van der Waals surface area contributed by atoms with Gasteiger partial charge in [-0.1, -0.05) is 26.0 Å². The number of hydrogen-bond acceptors (Lipinski definition) is 3. The first-order chi connectivity index (χ1) is 15.1. The fourth-order valence-electron chi connectivity index (χ4n) is 3.51. The van der Waals surface area contributed by atoms with E-state index in [2.05, 4.69) is 25.7 Å². The van der Waals surface area contributed by atoms with Crippen LogP contribution in [0.2, 0.25) is 0 Å². The van der Waals surface area contributed by atoms with Gasteiger partial charge in [0, 0.05) is 44.7 Å². The highest BCUT2D eigenvalue weighted by Gasteiger charge is 2.31. The predicted octanol–water partition coefficient (Wildman–Crippen LogP) is 5.08. The number of aryl methyl sites for hydroxylation is 1. The van der Waals surface area contributed by atoms with Crippen LogP contribution < -0.4 is 0 Å². The van der Waals surface area contributed by atoms with Crippen LogP contribution in [0.15, 0.2) is 18.2 Å². The van der Waals surface area contributed by atoms with Crippen molar-refractivity contribution in [1.82, 2.24) is 14.7 Å². The van der Waals surface area contributed by atoms with Crippen molar-refractivity contribution in [3.05, 3.63) is 35.1 Å². The van der Waals surface area contributed by atoms with Crippen LogP contribution in [-0.4, -0.2) is 72.8 Å². The summed E-state index contributed by atoms with van der Waals surface area (Å²) in [6.45, 7) is 19.3. The molecule has 2 amide bonds.